The average molecular weight is 393 g/mol. The smallest absolute Gasteiger partial charge is 0.323 e. The molecule has 0 amide bonds. The van der Waals surface area contributed by atoms with Gasteiger partial charge in [-0.25, -0.2) is 0 Å². The van der Waals surface area contributed by atoms with Crippen LogP contribution < -0.4 is 0 Å². The van der Waals surface area contributed by atoms with E-state index in [2.05, 4.69) is 6.92 Å². The Kier molecular flexibility index (Phi) is 14.1. The molecular formula is C18H36N2O5S. The highest BCUT2D eigenvalue weighted by molar-refractivity contribution is 7.85. The molecule has 1 rings (SSSR count). The summed E-state index contributed by atoms with van der Waals surface area (Å²) in [6.07, 6.45) is 15.3. The van der Waals surface area contributed by atoms with Gasteiger partial charge in [-0.1, -0.05) is 64.7 Å². The maximum atomic E-state index is 10.4. The fourth-order valence-corrected chi connectivity index (χ4v) is 3.21. The summed E-state index contributed by atoms with van der Waals surface area (Å²) in [6, 6.07) is 0. The van der Waals surface area contributed by atoms with E-state index in [1.165, 1.54) is 44.9 Å². The summed E-state index contributed by atoms with van der Waals surface area (Å²) in [7, 11) is -1.83. The molecule has 0 aromatic carbocycles. The van der Waals surface area contributed by atoms with Crippen LogP contribution >= 0.6 is 0 Å². The van der Waals surface area contributed by atoms with Crippen LogP contribution in [0.2, 0.25) is 0 Å². The van der Waals surface area contributed by atoms with Crippen LogP contribution in [0.5, 0.6) is 0 Å². The number of unbranched alkanes of at least 4 members (excludes halogenated alkanes) is 9. The van der Waals surface area contributed by atoms with Gasteiger partial charge in [0.1, 0.15) is 6.54 Å². The van der Waals surface area contributed by atoms with E-state index in [0.29, 0.717) is 13.1 Å². The van der Waals surface area contributed by atoms with E-state index >= 15 is 0 Å². The fourth-order valence-electron chi connectivity index (χ4n) is 2.64. The van der Waals surface area contributed by atoms with Crippen molar-refractivity contribution in [3.63, 3.8) is 0 Å². The van der Waals surface area contributed by atoms with Crippen LogP contribution in [0.15, 0.2) is 12.4 Å². The van der Waals surface area contributed by atoms with Crippen LogP contribution in [0.1, 0.15) is 71.1 Å². The standard InChI is InChI=1S/C12H26O3S.C6H10N2O2/c1-2-3-4-5-6-7-8-9-10-11-12-16(13,14)15;1-7-2-3-8(5-7)4-6(9)10/h2-12H2,1H3,(H,13,14,15);2-3H,4-5H2,1H3,(H,9,10). The van der Waals surface area contributed by atoms with E-state index in [1.54, 1.807) is 11.1 Å². The number of carboxylic acids is 1. The third kappa shape index (κ3) is 17.5. The van der Waals surface area contributed by atoms with Crippen molar-refractivity contribution >= 4 is 16.1 Å². The summed E-state index contributed by atoms with van der Waals surface area (Å²) < 4.78 is 29.4. The normalized spacial score (nSPS) is 13.7. The van der Waals surface area contributed by atoms with Gasteiger partial charge in [-0.05, 0) is 6.42 Å². The van der Waals surface area contributed by atoms with Crippen molar-refractivity contribution in [2.24, 2.45) is 0 Å². The van der Waals surface area contributed by atoms with Crippen molar-refractivity contribution in [1.29, 1.82) is 0 Å². The maximum Gasteiger partial charge on any atom is 0.323 e. The Morgan fingerprint density at radius 2 is 1.46 bits per heavy atom. The monoisotopic (exact) mass is 392 g/mol. The van der Waals surface area contributed by atoms with Crippen molar-refractivity contribution in [3.8, 4) is 0 Å². The zero-order valence-electron chi connectivity index (χ0n) is 16.3. The number of carbonyl (C=O) groups is 1. The van der Waals surface area contributed by atoms with Gasteiger partial charge in [-0.2, -0.15) is 8.42 Å². The molecule has 26 heavy (non-hydrogen) atoms. The molecule has 7 nitrogen and oxygen atoms in total. The molecule has 2 N–H and O–H groups in total. The molecule has 0 spiro atoms. The highest BCUT2D eigenvalue weighted by Crippen LogP contribution is 2.10. The number of aliphatic carboxylic acids is 1. The first-order valence-electron chi connectivity index (χ1n) is 9.54. The van der Waals surface area contributed by atoms with E-state index < -0.39 is 16.1 Å². The second-order valence-corrected chi connectivity index (χ2v) is 8.38. The van der Waals surface area contributed by atoms with Crippen LogP contribution in [-0.4, -0.2) is 59.9 Å². The van der Waals surface area contributed by atoms with Crippen LogP contribution in [0, 0.1) is 0 Å². The third-order valence-electron chi connectivity index (χ3n) is 4.03. The first kappa shape index (κ1) is 24.7. The molecule has 0 fully saturated rings. The molecule has 0 radical (unpaired) electrons. The molecule has 0 saturated carbocycles. The summed E-state index contributed by atoms with van der Waals surface area (Å²) in [4.78, 5) is 13.8. The lowest BCUT2D eigenvalue weighted by Gasteiger charge is -2.14. The van der Waals surface area contributed by atoms with Crippen molar-refractivity contribution in [2.75, 3.05) is 26.0 Å². The fraction of sp³-hybridized carbons (Fsp3) is 0.833. The first-order chi connectivity index (χ1) is 12.2. The molecule has 154 valence electrons. The largest absolute Gasteiger partial charge is 0.480 e. The minimum atomic E-state index is -3.73. The zero-order valence-corrected chi connectivity index (χ0v) is 17.1. The molecule has 0 aromatic heterocycles. The zero-order chi connectivity index (χ0) is 19.8. The Hall–Kier alpha value is -1.28. The summed E-state index contributed by atoms with van der Waals surface area (Å²) in [5.74, 6) is -0.872. The number of hydrogen-bond donors (Lipinski definition) is 2. The minimum absolute atomic E-state index is 0.0799. The predicted molar refractivity (Wildman–Crippen MR) is 104 cm³/mol. The Bertz CT molecular complexity index is 494. The summed E-state index contributed by atoms with van der Waals surface area (Å²) in [6.45, 7) is 2.97. The lowest BCUT2D eigenvalue weighted by Crippen LogP contribution is -2.27. The van der Waals surface area contributed by atoms with Gasteiger partial charge in [-0.15, -0.1) is 0 Å². The number of carboxylic acid groups (broad SMARTS) is 1. The Morgan fingerprint density at radius 1 is 0.962 bits per heavy atom. The molecular weight excluding hydrogens is 356 g/mol. The topological polar surface area (TPSA) is 98.2 Å². The first-order valence-corrected chi connectivity index (χ1v) is 11.1. The number of nitrogens with zero attached hydrogens (tertiary/aromatic N) is 2. The molecule has 1 aliphatic rings. The van der Waals surface area contributed by atoms with Crippen molar-refractivity contribution in [3.05, 3.63) is 12.4 Å². The molecule has 0 bridgehead atoms. The third-order valence-corrected chi connectivity index (χ3v) is 4.84. The SMILES string of the molecule is CCCCCCCCCCCCS(=O)(=O)O.CN1C=CN(CC(=O)O)C1. The van der Waals surface area contributed by atoms with Crippen LogP contribution in [0.3, 0.4) is 0 Å². The molecule has 8 heteroatoms. The van der Waals surface area contributed by atoms with Gasteiger partial charge in [-0.3, -0.25) is 9.35 Å². The van der Waals surface area contributed by atoms with Crippen molar-refractivity contribution in [1.82, 2.24) is 9.80 Å². The lowest BCUT2D eigenvalue weighted by atomic mass is 10.1. The number of rotatable bonds is 13. The van der Waals surface area contributed by atoms with E-state index in [9.17, 15) is 13.2 Å². The molecule has 0 unspecified atom stereocenters. The average Bonchev–Trinajstić information content (AvgIpc) is 2.93. The highest BCUT2D eigenvalue weighted by atomic mass is 32.2. The maximum absolute atomic E-state index is 10.4. The Morgan fingerprint density at radius 3 is 1.85 bits per heavy atom. The molecule has 0 saturated heterocycles. The Labute approximate surface area is 158 Å². The van der Waals surface area contributed by atoms with Gasteiger partial charge in [0.15, 0.2) is 0 Å². The van der Waals surface area contributed by atoms with E-state index in [-0.39, 0.29) is 12.3 Å². The van der Waals surface area contributed by atoms with Gasteiger partial charge in [0, 0.05) is 19.4 Å². The quantitative estimate of drug-likeness (QED) is 0.365. The molecule has 0 atom stereocenters. The van der Waals surface area contributed by atoms with E-state index in [4.69, 9.17) is 9.66 Å². The summed E-state index contributed by atoms with van der Waals surface area (Å²) >= 11 is 0. The van der Waals surface area contributed by atoms with Gasteiger partial charge < -0.3 is 14.9 Å². The summed E-state index contributed by atoms with van der Waals surface area (Å²) in [5, 5.41) is 8.37. The minimum Gasteiger partial charge on any atom is -0.480 e. The van der Waals surface area contributed by atoms with Gasteiger partial charge in [0.05, 0.1) is 12.4 Å². The predicted octanol–water partition coefficient (Wildman–Crippen LogP) is 3.54. The van der Waals surface area contributed by atoms with Gasteiger partial charge in [0.2, 0.25) is 0 Å². The van der Waals surface area contributed by atoms with Crippen LogP contribution in [0.25, 0.3) is 0 Å². The second kappa shape index (κ2) is 14.8. The summed E-state index contributed by atoms with van der Waals surface area (Å²) in [5.41, 5.74) is 0. The van der Waals surface area contributed by atoms with Crippen molar-refractivity contribution < 1.29 is 22.9 Å². The molecule has 0 aliphatic carbocycles. The second-order valence-electron chi connectivity index (χ2n) is 6.81. The van der Waals surface area contributed by atoms with Crippen LogP contribution in [0.4, 0.5) is 0 Å². The van der Waals surface area contributed by atoms with Gasteiger partial charge in [0.25, 0.3) is 10.1 Å². The molecule has 1 aliphatic heterocycles. The van der Waals surface area contributed by atoms with Crippen LogP contribution in [-0.2, 0) is 14.9 Å². The van der Waals surface area contributed by atoms with E-state index in [1.807, 2.05) is 18.1 Å². The van der Waals surface area contributed by atoms with Crippen molar-refractivity contribution in [2.45, 2.75) is 71.1 Å². The number of hydrogen-bond acceptors (Lipinski definition) is 5. The molecule has 0 aromatic rings. The lowest BCUT2D eigenvalue weighted by molar-refractivity contribution is -0.137. The van der Waals surface area contributed by atoms with E-state index in [0.717, 1.165) is 12.8 Å². The Balaban J connectivity index is 0.000000531. The molecule has 1 heterocycles. The highest BCUT2D eigenvalue weighted by Gasteiger charge is 2.10. The van der Waals surface area contributed by atoms with Gasteiger partial charge >= 0.3 is 5.97 Å².